The van der Waals surface area contributed by atoms with Crippen LogP contribution in [0, 0.1) is 6.92 Å². The summed E-state index contributed by atoms with van der Waals surface area (Å²) in [5.74, 6) is -0.318. The maximum absolute atomic E-state index is 13.6. The second-order valence-electron chi connectivity index (χ2n) is 8.04. The van der Waals surface area contributed by atoms with Gasteiger partial charge in [0.2, 0.25) is 0 Å². The van der Waals surface area contributed by atoms with Crippen LogP contribution in [0.15, 0.2) is 77.7 Å². The van der Waals surface area contributed by atoms with Crippen LogP contribution in [0.2, 0.25) is 0 Å². The van der Waals surface area contributed by atoms with Crippen LogP contribution in [0.5, 0.6) is 0 Å². The Labute approximate surface area is 192 Å². The van der Waals surface area contributed by atoms with Crippen molar-refractivity contribution in [3.05, 3.63) is 100 Å². The maximum atomic E-state index is 13.6. The van der Waals surface area contributed by atoms with Gasteiger partial charge in [-0.1, -0.05) is 66.2 Å². The standard InChI is InChI=1S/C27H27N3O3/c1-19-11-13-21(14-12-19)23-22-10-7-15-28-24(22)27(33)30(16-5-6-17-31)25(23)26(32)29-18-20-8-3-2-4-9-20/h2-4,7-15,31H,5-6,16-18H2,1H3,(H,29,32). The Morgan fingerprint density at radius 1 is 1.00 bits per heavy atom. The second-order valence-corrected chi connectivity index (χ2v) is 8.04. The molecule has 0 saturated carbocycles. The SMILES string of the molecule is Cc1ccc(-c2c(C(=O)NCc3ccccc3)n(CCCCO)c(=O)c3ncccc23)cc1. The van der Waals surface area contributed by atoms with E-state index in [4.69, 9.17) is 0 Å². The van der Waals surface area contributed by atoms with E-state index in [0.717, 1.165) is 16.7 Å². The van der Waals surface area contributed by atoms with Crippen molar-refractivity contribution < 1.29 is 9.90 Å². The van der Waals surface area contributed by atoms with Gasteiger partial charge in [-0.3, -0.25) is 14.6 Å². The third kappa shape index (κ3) is 4.86. The zero-order valence-electron chi connectivity index (χ0n) is 18.6. The smallest absolute Gasteiger partial charge is 0.277 e. The number of aromatic nitrogens is 2. The molecular formula is C27H27N3O3. The van der Waals surface area contributed by atoms with Crippen molar-refractivity contribution in [3.63, 3.8) is 0 Å². The van der Waals surface area contributed by atoms with Crippen LogP contribution in [0.4, 0.5) is 0 Å². The first-order chi connectivity index (χ1) is 16.1. The summed E-state index contributed by atoms with van der Waals surface area (Å²) in [4.78, 5) is 31.4. The van der Waals surface area contributed by atoms with Gasteiger partial charge in [0.15, 0.2) is 0 Å². The molecule has 0 unspecified atom stereocenters. The van der Waals surface area contributed by atoms with Crippen molar-refractivity contribution in [1.29, 1.82) is 0 Å². The Hall–Kier alpha value is -3.77. The number of carbonyl (C=O) groups is 1. The number of fused-ring (bicyclic) bond motifs is 1. The molecule has 0 aliphatic heterocycles. The zero-order chi connectivity index (χ0) is 23.2. The Bertz CT molecular complexity index is 1310. The average Bonchev–Trinajstić information content (AvgIpc) is 2.85. The molecule has 0 radical (unpaired) electrons. The minimum absolute atomic E-state index is 0.0287. The number of aryl methyl sites for hydroxylation is 1. The Balaban J connectivity index is 1.90. The number of nitrogens with one attached hydrogen (secondary N) is 1. The van der Waals surface area contributed by atoms with Crippen molar-refractivity contribution in [2.75, 3.05) is 6.61 Å². The highest BCUT2D eigenvalue weighted by molar-refractivity contribution is 6.07. The largest absolute Gasteiger partial charge is 0.396 e. The highest BCUT2D eigenvalue weighted by Crippen LogP contribution is 2.30. The predicted octanol–water partition coefficient (Wildman–Crippen LogP) is 4.07. The van der Waals surface area contributed by atoms with Gasteiger partial charge in [-0.15, -0.1) is 0 Å². The van der Waals surface area contributed by atoms with E-state index >= 15 is 0 Å². The molecule has 0 spiro atoms. The quantitative estimate of drug-likeness (QED) is 0.404. The van der Waals surface area contributed by atoms with E-state index < -0.39 is 0 Å². The number of hydrogen-bond acceptors (Lipinski definition) is 4. The van der Waals surface area contributed by atoms with Gasteiger partial charge >= 0.3 is 0 Å². The van der Waals surface area contributed by atoms with Gasteiger partial charge in [0, 0.05) is 36.8 Å². The summed E-state index contributed by atoms with van der Waals surface area (Å²) < 4.78 is 1.51. The summed E-state index contributed by atoms with van der Waals surface area (Å²) in [5, 5.41) is 12.9. The number of aliphatic hydroxyl groups excluding tert-OH is 1. The summed E-state index contributed by atoms with van der Waals surface area (Å²) in [6.45, 7) is 2.70. The van der Waals surface area contributed by atoms with Crippen molar-refractivity contribution in [2.45, 2.75) is 32.9 Å². The topological polar surface area (TPSA) is 84.2 Å². The Morgan fingerprint density at radius 3 is 2.48 bits per heavy atom. The molecule has 2 heterocycles. The number of pyridine rings is 2. The van der Waals surface area contributed by atoms with E-state index in [-0.39, 0.29) is 18.1 Å². The normalized spacial score (nSPS) is 11.0. The van der Waals surface area contributed by atoms with Crippen LogP contribution in [0.1, 0.15) is 34.5 Å². The van der Waals surface area contributed by atoms with Crippen molar-refractivity contribution >= 4 is 16.8 Å². The molecule has 2 aromatic heterocycles. The van der Waals surface area contributed by atoms with E-state index in [1.54, 1.807) is 12.3 Å². The molecule has 0 atom stereocenters. The fourth-order valence-corrected chi connectivity index (χ4v) is 3.97. The lowest BCUT2D eigenvalue weighted by molar-refractivity contribution is 0.0941. The fourth-order valence-electron chi connectivity index (χ4n) is 3.97. The number of unbranched alkanes of at least 4 members (excludes halogenated alkanes) is 1. The number of rotatable bonds is 8. The first-order valence-corrected chi connectivity index (χ1v) is 11.1. The number of benzene rings is 2. The molecule has 0 fully saturated rings. The molecule has 6 heteroatoms. The first kappa shape index (κ1) is 22.4. The molecule has 33 heavy (non-hydrogen) atoms. The third-order valence-corrected chi connectivity index (χ3v) is 5.67. The summed E-state index contributed by atoms with van der Waals surface area (Å²) >= 11 is 0. The number of aliphatic hydroxyl groups is 1. The predicted molar refractivity (Wildman–Crippen MR) is 130 cm³/mol. The van der Waals surface area contributed by atoms with Gasteiger partial charge in [-0.2, -0.15) is 0 Å². The van der Waals surface area contributed by atoms with Crippen LogP contribution in [0.3, 0.4) is 0 Å². The lowest BCUT2D eigenvalue weighted by atomic mass is 9.97. The molecule has 0 aliphatic carbocycles. The molecule has 4 aromatic rings. The first-order valence-electron chi connectivity index (χ1n) is 11.1. The maximum Gasteiger partial charge on any atom is 0.277 e. The van der Waals surface area contributed by atoms with Crippen molar-refractivity contribution in [1.82, 2.24) is 14.9 Å². The highest BCUT2D eigenvalue weighted by Gasteiger charge is 2.23. The van der Waals surface area contributed by atoms with Crippen LogP contribution in [-0.4, -0.2) is 27.2 Å². The van der Waals surface area contributed by atoms with Crippen LogP contribution < -0.4 is 10.9 Å². The Kier molecular flexibility index (Phi) is 6.95. The number of amides is 1. The number of carbonyl (C=O) groups excluding carboxylic acids is 1. The lowest BCUT2D eigenvalue weighted by Gasteiger charge is -2.19. The fraction of sp³-hybridized carbons (Fsp3) is 0.222. The van der Waals surface area contributed by atoms with E-state index in [1.165, 1.54) is 4.57 Å². The molecule has 6 nitrogen and oxygen atoms in total. The van der Waals surface area contributed by atoms with Gasteiger partial charge in [0.25, 0.3) is 11.5 Å². The molecule has 0 saturated heterocycles. The van der Waals surface area contributed by atoms with E-state index in [2.05, 4.69) is 10.3 Å². The summed E-state index contributed by atoms with van der Waals surface area (Å²) in [5.41, 5.74) is 3.96. The minimum Gasteiger partial charge on any atom is -0.396 e. The van der Waals surface area contributed by atoms with Crippen LogP contribution >= 0.6 is 0 Å². The van der Waals surface area contributed by atoms with Gasteiger partial charge in [0.1, 0.15) is 11.2 Å². The lowest BCUT2D eigenvalue weighted by Crippen LogP contribution is -2.33. The third-order valence-electron chi connectivity index (χ3n) is 5.67. The van der Waals surface area contributed by atoms with E-state index in [0.29, 0.717) is 48.1 Å². The molecular weight excluding hydrogens is 414 g/mol. The molecule has 0 aliphatic rings. The van der Waals surface area contributed by atoms with E-state index in [1.807, 2.05) is 67.6 Å². The minimum atomic E-state index is -0.318. The summed E-state index contributed by atoms with van der Waals surface area (Å²) in [7, 11) is 0. The second kappa shape index (κ2) is 10.2. The van der Waals surface area contributed by atoms with Gasteiger partial charge in [-0.25, -0.2) is 0 Å². The van der Waals surface area contributed by atoms with E-state index in [9.17, 15) is 14.7 Å². The van der Waals surface area contributed by atoms with Gasteiger partial charge < -0.3 is 15.0 Å². The monoisotopic (exact) mass is 441 g/mol. The molecule has 2 aromatic carbocycles. The molecule has 2 N–H and O–H groups in total. The summed E-state index contributed by atoms with van der Waals surface area (Å²) in [6.07, 6.45) is 2.70. The number of nitrogens with zero attached hydrogens (tertiary/aromatic N) is 2. The molecule has 4 rings (SSSR count). The molecule has 1 amide bonds. The number of hydrogen-bond donors (Lipinski definition) is 2. The van der Waals surface area contributed by atoms with Gasteiger partial charge in [-0.05, 0) is 37.0 Å². The Morgan fingerprint density at radius 2 is 1.76 bits per heavy atom. The molecule has 168 valence electrons. The van der Waals surface area contributed by atoms with Crippen molar-refractivity contribution in [3.8, 4) is 11.1 Å². The van der Waals surface area contributed by atoms with Crippen LogP contribution in [0.25, 0.3) is 22.0 Å². The zero-order valence-corrected chi connectivity index (χ0v) is 18.6. The highest BCUT2D eigenvalue weighted by atomic mass is 16.3. The van der Waals surface area contributed by atoms with Crippen molar-refractivity contribution in [2.24, 2.45) is 0 Å². The van der Waals surface area contributed by atoms with Gasteiger partial charge in [0.05, 0.1) is 0 Å². The summed E-state index contributed by atoms with van der Waals surface area (Å²) in [6, 6.07) is 21.2. The molecule has 0 bridgehead atoms. The van der Waals surface area contributed by atoms with Crippen LogP contribution in [-0.2, 0) is 13.1 Å². The average molecular weight is 442 g/mol.